The van der Waals surface area contributed by atoms with Crippen molar-refractivity contribution in [1.82, 2.24) is 0 Å². The molecule has 17 heavy (non-hydrogen) atoms. The van der Waals surface area contributed by atoms with Gasteiger partial charge >= 0.3 is 5.97 Å². The van der Waals surface area contributed by atoms with Crippen LogP contribution in [0, 0.1) is 0 Å². The zero-order valence-corrected chi connectivity index (χ0v) is 9.43. The molecule has 0 saturated heterocycles. The molecule has 1 aromatic carbocycles. The fourth-order valence-corrected chi connectivity index (χ4v) is 1.74. The van der Waals surface area contributed by atoms with Crippen LogP contribution in [0.4, 0.5) is 0 Å². The Morgan fingerprint density at radius 2 is 2.00 bits per heavy atom. The maximum absolute atomic E-state index is 11.0. The fraction of sp³-hybridized carbons (Fsp3) is 0.214. The van der Waals surface area contributed by atoms with Gasteiger partial charge in [0.2, 0.25) is 0 Å². The van der Waals surface area contributed by atoms with Gasteiger partial charge in [-0.2, -0.15) is 0 Å². The summed E-state index contributed by atoms with van der Waals surface area (Å²) in [4.78, 5) is 11.0. The number of carboxylic acids is 1. The zero-order valence-electron chi connectivity index (χ0n) is 9.43. The molecule has 1 heterocycles. The molecule has 0 atom stereocenters. The van der Waals surface area contributed by atoms with Gasteiger partial charge in [0.15, 0.2) is 0 Å². The van der Waals surface area contributed by atoms with Crippen molar-refractivity contribution in [1.29, 1.82) is 0 Å². The summed E-state index contributed by atoms with van der Waals surface area (Å²) < 4.78 is 5.39. The molecule has 0 bridgehead atoms. The fourth-order valence-electron chi connectivity index (χ4n) is 1.74. The summed E-state index contributed by atoms with van der Waals surface area (Å²) in [6.07, 6.45) is 4.94. The minimum atomic E-state index is -0.891. The van der Waals surface area contributed by atoms with E-state index in [1.807, 2.05) is 36.4 Å². The first-order chi connectivity index (χ1) is 8.27. The van der Waals surface area contributed by atoms with Gasteiger partial charge in [-0.05, 0) is 24.5 Å². The summed E-state index contributed by atoms with van der Waals surface area (Å²) in [7, 11) is 0. The lowest BCUT2D eigenvalue weighted by Gasteiger charge is -2.16. The Morgan fingerprint density at radius 3 is 2.71 bits per heavy atom. The van der Waals surface area contributed by atoms with Crippen molar-refractivity contribution in [2.24, 2.45) is 0 Å². The van der Waals surface area contributed by atoms with Gasteiger partial charge in [-0.3, -0.25) is 0 Å². The third-order valence-corrected chi connectivity index (χ3v) is 2.61. The lowest BCUT2D eigenvalue weighted by atomic mass is 10.1. The Morgan fingerprint density at radius 1 is 1.24 bits per heavy atom. The van der Waals surface area contributed by atoms with Crippen LogP contribution in [0.25, 0.3) is 6.08 Å². The molecule has 1 aliphatic rings. The number of hydrogen-bond donors (Lipinski definition) is 1. The molecule has 0 unspecified atom stereocenters. The standard InChI is InChI=1S/C14H14O3/c15-14(16)12-7-4-10-17-13(12)9-8-11-5-2-1-3-6-11/h1-3,5-6,8-9H,4,7,10H2,(H,15,16)/b9-8+. The Balaban J connectivity index is 2.21. The summed E-state index contributed by atoms with van der Waals surface area (Å²) in [6.45, 7) is 0.589. The highest BCUT2D eigenvalue weighted by Gasteiger charge is 2.17. The number of rotatable bonds is 3. The van der Waals surface area contributed by atoms with E-state index in [-0.39, 0.29) is 0 Å². The van der Waals surface area contributed by atoms with E-state index >= 15 is 0 Å². The highest BCUT2D eigenvalue weighted by Crippen LogP contribution is 2.21. The molecule has 3 nitrogen and oxygen atoms in total. The van der Waals surface area contributed by atoms with Crippen molar-refractivity contribution in [2.75, 3.05) is 6.61 Å². The lowest BCUT2D eigenvalue weighted by Crippen LogP contribution is -2.12. The Bertz CT molecular complexity index is 458. The summed E-state index contributed by atoms with van der Waals surface area (Å²) in [5, 5.41) is 9.03. The van der Waals surface area contributed by atoms with Crippen LogP contribution in [-0.2, 0) is 9.53 Å². The van der Waals surface area contributed by atoms with E-state index < -0.39 is 5.97 Å². The predicted octanol–water partition coefficient (Wildman–Crippen LogP) is 2.85. The molecule has 1 N–H and O–H groups in total. The summed E-state index contributed by atoms with van der Waals surface area (Å²) in [6, 6.07) is 9.73. The molecular formula is C14H14O3. The molecule has 88 valence electrons. The van der Waals surface area contributed by atoms with Crippen LogP contribution in [0.5, 0.6) is 0 Å². The second-order valence-corrected chi connectivity index (χ2v) is 3.84. The quantitative estimate of drug-likeness (QED) is 0.868. The molecule has 2 rings (SSSR count). The lowest BCUT2D eigenvalue weighted by molar-refractivity contribution is -0.133. The third kappa shape index (κ3) is 2.97. The molecule has 0 fully saturated rings. The van der Waals surface area contributed by atoms with Gasteiger partial charge in [0.25, 0.3) is 0 Å². The SMILES string of the molecule is O=C(O)C1=C(/C=C/c2ccccc2)OCCC1. The van der Waals surface area contributed by atoms with Gasteiger partial charge in [-0.25, -0.2) is 4.79 Å². The molecule has 1 aliphatic heterocycles. The van der Waals surface area contributed by atoms with E-state index in [0.29, 0.717) is 24.4 Å². The number of aliphatic carboxylic acids is 1. The van der Waals surface area contributed by atoms with Gasteiger partial charge in [-0.1, -0.05) is 36.4 Å². The van der Waals surface area contributed by atoms with Crippen LogP contribution < -0.4 is 0 Å². The summed E-state index contributed by atoms with van der Waals surface area (Å²) in [5.74, 6) is -0.412. The highest BCUT2D eigenvalue weighted by atomic mass is 16.5. The number of hydrogen-bond acceptors (Lipinski definition) is 2. The monoisotopic (exact) mass is 230 g/mol. The van der Waals surface area contributed by atoms with Crippen LogP contribution in [0.1, 0.15) is 18.4 Å². The largest absolute Gasteiger partial charge is 0.493 e. The van der Waals surface area contributed by atoms with Crippen molar-refractivity contribution in [2.45, 2.75) is 12.8 Å². The number of allylic oxidation sites excluding steroid dienone is 1. The molecule has 1 aromatic rings. The number of benzene rings is 1. The third-order valence-electron chi connectivity index (χ3n) is 2.61. The Kier molecular flexibility index (Phi) is 3.60. The maximum atomic E-state index is 11.0. The van der Waals surface area contributed by atoms with E-state index in [1.54, 1.807) is 6.08 Å². The normalized spacial score (nSPS) is 16.0. The van der Waals surface area contributed by atoms with Crippen LogP contribution in [0.2, 0.25) is 0 Å². The van der Waals surface area contributed by atoms with Crippen molar-refractivity contribution in [3.05, 3.63) is 53.3 Å². The molecule has 0 saturated carbocycles. The van der Waals surface area contributed by atoms with Gasteiger partial charge in [0, 0.05) is 0 Å². The average molecular weight is 230 g/mol. The van der Waals surface area contributed by atoms with Crippen molar-refractivity contribution >= 4 is 12.0 Å². The molecule has 3 heteroatoms. The number of carbonyl (C=O) groups is 1. The minimum Gasteiger partial charge on any atom is -0.493 e. The van der Waals surface area contributed by atoms with Gasteiger partial charge in [0.1, 0.15) is 5.76 Å². The second kappa shape index (κ2) is 5.34. The first kappa shape index (κ1) is 11.5. The van der Waals surface area contributed by atoms with Gasteiger partial charge in [0.05, 0.1) is 12.2 Å². The summed E-state index contributed by atoms with van der Waals surface area (Å²) in [5.41, 5.74) is 1.39. The van der Waals surface area contributed by atoms with E-state index in [2.05, 4.69) is 0 Å². The summed E-state index contributed by atoms with van der Waals surface area (Å²) >= 11 is 0. The molecule has 0 radical (unpaired) electrons. The van der Waals surface area contributed by atoms with Crippen molar-refractivity contribution < 1.29 is 14.6 Å². The molecule has 0 spiro atoms. The van der Waals surface area contributed by atoms with Crippen molar-refractivity contribution in [3.8, 4) is 0 Å². The van der Waals surface area contributed by atoms with Crippen molar-refractivity contribution in [3.63, 3.8) is 0 Å². The van der Waals surface area contributed by atoms with Crippen LogP contribution in [-0.4, -0.2) is 17.7 Å². The maximum Gasteiger partial charge on any atom is 0.335 e. The second-order valence-electron chi connectivity index (χ2n) is 3.84. The first-order valence-electron chi connectivity index (χ1n) is 5.60. The molecule has 0 aromatic heterocycles. The predicted molar refractivity (Wildman–Crippen MR) is 65.3 cm³/mol. The van der Waals surface area contributed by atoms with Crippen LogP contribution in [0.3, 0.4) is 0 Å². The molecular weight excluding hydrogens is 216 g/mol. The van der Waals surface area contributed by atoms with E-state index in [0.717, 1.165) is 12.0 Å². The molecule has 0 amide bonds. The van der Waals surface area contributed by atoms with Crippen LogP contribution in [0.15, 0.2) is 47.7 Å². The molecule has 0 aliphatic carbocycles. The van der Waals surface area contributed by atoms with E-state index in [1.165, 1.54) is 0 Å². The average Bonchev–Trinajstić information content (AvgIpc) is 2.38. The van der Waals surface area contributed by atoms with E-state index in [9.17, 15) is 4.79 Å². The first-order valence-corrected chi connectivity index (χ1v) is 5.60. The minimum absolute atomic E-state index is 0.364. The van der Waals surface area contributed by atoms with Crippen LogP contribution >= 0.6 is 0 Å². The Labute approximate surface area is 100 Å². The highest BCUT2D eigenvalue weighted by molar-refractivity contribution is 5.88. The Hall–Kier alpha value is -2.03. The van der Waals surface area contributed by atoms with Gasteiger partial charge < -0.3 is 9.84 Å². The van der Waals surface area contributed by atoms with Gasteiger partial charge in [-0.15, -0.1) is 0 Å². The zero-order chi connectivity index (χ0) is 12.1. The number of ether oxygens (including phenoxy) is 1. The number of carboxylic acid groups (broad SMARTS) is 1. The van der Waals surface area contributed by atoms with E-state index in [4.69, 9.17) is 9.84 Å². The smallest absolute Gasteiger partial charge is 0.335 e. The topological polar surface area (TPSA) is 46.5 Å².